The van der Waals surface area contributed by atoms with E-state index in [1.165, 1.54) is 12.1 Å². The second-order valence-electron chi connectivity index (χ2n) is 11.7. The van der Waals surface area contributed by atoms with Gasteiger partial charge in [-0.3, -0.25) is 19.4 Å². The summed E-state index contributed by atoms with van der Waals surface area (Å²) in [5.74, 6) is -1.16. The van der Waals surface area contributed by atoms with E-state index in [4.69, 9.17) is 9.72 Å². The molecular formula is C34H40FN3O4. The van der Waals surface area contributed by atoms with Gasteiger partial charge in [0.25, 0.3) is 5.91 Å². The molecule has 1 fully saturated rings. The summed E-state index contributed by atoms with van der Waals surface area (Å²) in [6.45, 7) is 12.2. The van der Waals surface area contributed by atoms with Gasteiger partial charge in [-0.2, -0.15) is 0 Å². The molecule has 0 aliphatic carbocycles. The molecule has 222 valence electrons. The van der Waals surface area contributed by atoms with Crippen molar-refractivity contribution in [2.24, 2.45) is 5.41 Å². The SMILES string of the molecule is CCOC(=O)Cc1c(C)nc(C)c(-c2ccc(C(=O)NCC(=O)Cc3ccc(F)cc3)cc2)c1N1CCC(C)(C)CC1. The van der Waals surface area contributed by atoms with E-state index >= 15 is 0 Å². The molecule has 42 heavy (non-hydrogen) atoms. The van der Waals surface area contributed by atoms with E-state index in [1.807, 2.05) is 26.0 Å². The predicted octanol–water partition coefficient (Wildman–Crippen LogP) is 5.78. The first-order valence-corrected chi connectivity index (χ1v) is 14.5. The average Bonchev–Trinajstić information content (AvgIpc) is 2.95. The maximum absolute atomic E-state index is 13.1. The smallest absolute Gasteiger partial charge is 0.310 e. The van der Waals surface area contributed by atoms with Gasteiger partial charge in [-0.15, -0.1) is 0 Å². The van der Waals surface area contributed by atoms with Crippen LogP contribution in [-0.2, 0) is 27.2 Å². The number of hydrogen-bond acceptors (Lipinski definition) is 6. The Bertz CT molecular complexity index is 1440. The van der Waals surface area contributed by atoms with Gasteiger partial charge in [0, 0.05) is 47.6 Å². The molecule has 0 unspecified atom stereocenters. The van der Waals surface area contributed by atoms with Gasteiger partial charge in [0.05, 0.1) is 25.3 Å². The number of halogens is 1. The summed E-state index contributed by atoms with van der Waals surface area (Å²) in [5, 5.41) is 2.69. The molecule has 3 aromatic rings. The lowest BCUT2D eigenvalue weighted by Crippen LogP contribution is -2.38. The highest BCUT2D eigenvalue weighted by Crippen LogP contribution is 2.41. The van der Waals surface area contributed by atoms with E-state index in [1.54, 1.807) is 31.2 Å². The molecule has 2 heterocycles. The van der Waals surface area contributed by atoms with Crippen LogP contribution in [0.1, 0.15) is 66.5 Å². The highest BCUT2D eigenvalue weighted by Gasteiger charge is 2.30. The Hall–Kier alpha value is -4.07. The first kappa shape index (κ1) is 30.9. The first-order chi connectivity index (χ1) is 20.0. The molecule has 1 aliphatic rings. The van der Waals surface area contributed by atoms with Gasteiger partial charge in [-0.25, -0.2) is 4.39 Å². The molecule has 1 amide bonds. The van der Waals surface area contributed by atoms with Crippen LogP contribution < -0.4 is 10.2 Å². The minimum atomic E-state index is -0.359. The van der Waals surface area contributed by atoms with Gasteiger partial charge in [0.15, 0.2) is 5.78 Å². The number of nitrogens with zero attached hydrogens (tertiary/aromatic N) is 2. The minimum Gasteiger partial charge on any atom is -0.466 e. The number of ether oxygens (including phenoxy) is 1. The molecule has 0 atom stereocenters. The monoisotopic (exact) mass is 573 g/mol. The van der Waals surface area contributed by atoms with E-state index in [-0.39, 0.29) is 48.3 Å². The number of anilines is 1. The Morgan fingerprint density at radius 3 is 2.21 bits per heavy atom. The van der Waals surface area contributed by atoms with Gasteiger partial charge in [0.2, 0.25) is 0 Å². The van der Waals surface area contributed by atoms with Crippen molar-refractivity contribution in [3.8, 4) is 11.1 Å². The van der Waals surface area contributed by atoms with Crippen molar-refractivity contribution in [3.63, 3.8) is 0 Å². The number of hydrogen-bond donors (Lipinski definition) is 1. The number of benzene rings is 2. The molecular weight excluding hydrogens is 533 g/mol. The second-order valence-corrected chi connectivity index (χ2v) is 11.7. The van der Waals surface area contributed by atoms with Crippen LogP contribution >= 0.6 is 0 Å². The summed E-state index contributed by atoms with van der Waals surface area (Å²) in [5.41, 5.74) is 6.76. The Morgan fingerprint density at radius 1 is 0.952 bits per heavy atom. The number of aryl methyl sites for hydroxylation is 2. The van der Waals surface area contributed by atoms with Gasteiger partial charge in [-0.05, 0) is 74.4 Å². The maximum Gasteiger partial charge on any atom is 0.310 e. The number of pyridine rings is 1. The van der Waals surface area contributed by atoms with Gasteiger partial charge in [-0.1, -0.05) is 38.1 Å². The standard InChI is InChI=1S/C34H40FN3O4/c1-6-42-30(40)20-29-22(2)37-23(3)31(32(29)38-17-15-34(4,5)16-18-38)25-9-11-26(12-10-25)33(41)36-21-28(39)19-24-7-13-27(35)14-8-24/h7-14H,6,15-21H2,1-5H3,(H,36,41). The molecule has 2 aromatic carbocycles. The maximum atomic E-state index is 13.1. The van der Waals surface area contributed by atoms with Crippen LogP contribution in [0.3, 0.4) is 0 Å². The van der Waals surface area contributed by atoms with Crippen molar-refractivity contribution in [2.75, 3.05) is 31.1 Å². The van der Waals surface area contributed by atoms with Gasteiger partial charge < -0.3 is 15.0 Å². The number of carbonyl (C=O) groups excluding carboxylic acids is 3. The van der Waals surface area contributed by atoms with Crippen LogP contribution in [0.4, 0.5) is 10.1 Å². The number of ketones is 1. The van der Waals surface area contributed by atoms with Crippen molar-refractivity contribution in [1.29, 1.82) is 0 Å². The molecule has 7 nitrogen and oxygen atoms in total. The number of rotatable bonds is 10. The molecule has 0 spiro atoms. The normalized spacial score (nSPS) is 14.4. The molecule has 1 aromatic heterocycles. The van der Waals surface area contributed by atoms with Crippen molar-refractivity contribution >= 4 is 23.3 Å². The van der Waals surface area contributed by atoms with Crippen molar-refractivity contribution in [2.45, 2.75) is 60.3 Å². The highest BCUT2D eigenvalue weighted by atomic mass is 19.1. The Morgan fingerprint density at radius 2 is 1.60 bits per heavy atom. The predicted molar refractivity (Wildman–Crippen MR) is 162 cm³/mol. The van der Waals surface area contributed by atoms with E-state index < -0.39 is 0 Å². The fourth-order valence-electron chi connectivity index (χ4n) is 5.43. The van der Waals surface area contributed by atoms with Crippen LogP contribution in [0.25, 0.3) is 11.1 Å². The van der Waals surface area contributed by atoms with Crippen LogP contribution in [-0.4, -0.2) is 48.9 Å². The van der Waals surface area contributed by atoms with Gasteiger partial charge in [0.1, 0.15) is 5.82 Å². The molecule has 1 aliphatic heterocycles. The van der Waals surface area contributed by atoms with Crippen molar-refractivity contribution in [3.05, 3.63) is 82.4 Å². The number of esters is 1. The lowest BCUT2D eigenvalue weighted by atomic mass is 9.82. The zero-order valence-corrected chi connectivity index (χ0v) is 25.2. The number of aromatic nitrogens is 1. The van der Waals surface area contributed by atoms with E-state index in [2.05, 4.69) is 24.1 Å². The quantitative estimate of drug-likeness (QED) is 0.310. The average molecular weight is 574 g/mol. The Labute approximate surface area is 247 Å². The zero-order chi connectivity index (χ0) is 30.4. The number of nitrogens with one attached hydrogen (secondary N) is 1. The Kier molecular flexibility index (Phi) is 9.76. The van der Waals surface area contributed by atoms with Crippen LogP contribution in [0, 0.1) is 25.1 Å². The Balaban J connectivity index is 1.57. The lowest BCUT2D eigenvalue weighted by Gasteiger charge is -2.40. The molecule has 1 N–H and O–H groups in total. The second kappa shape index (κ2) is 13.3. The van der Waals surface area contributed by atoms with Crippen LogP contribution in [0.15, 0.2) is 48.5 Å². The number of amides is 1. The summed E-state index contributed by atoms with van der Waals surface area (Å²) >= 11 is 0. The third-order valence-corrected chi connectivity index (χ3v) is 7.91. The summed E-state index contributed by atoms with van der Waals surface area (Å²) < 4.78 is 18.4. The van der Waals surface area contributed by atoms with E-state index in [9.17, 15) is 18.8 Å². The summed E-state index contributed by atoms with van der Waals surface area (Å²) in [6, 6.07) is 13.0. The van der Waals surface area contributed by atoms with Crippen molar-refractivity contribution < 1.29 is 23.5 Å². The zero-order valence-electron chi connectivity index (χ0n) is 25.2. The fourth-order valence-corrected chi connectivity index (χ4v) is 5.43. The lowest BCUT2D eigenvalue weighted by molar-refractivity contribution is -0.142. The van der Waals surface area contributed by atoms with Crippen LogP contribution in [0.5, 0.6) is 0 Å². The van der Waals surface area contributed by atoms with Crippen molar-refractivity contribution in [1.82, 2.24) is 10.3 Å². The molecule has 0 bridgehead atoms. The number of carbonyl (C=O) groups is 3. The number of piperidine rings is 1. The molecule has 1 saturated heterocycles. The topological polar surface area (TPSA) is 88.6 Å². The van der Waals surface area contributed by atoms with Crippen LogP contribution in [0.2, 0.25) is 0 Å². The molecule has 8 heteroatoms. The fraction of sp³-hybridized carbons (Fsp3) is 0.412. The van der Waals surface area contributed by atoms with Gasteiger partial charge >= 0.3 is 5.97 Å². The minimum absolute atomic E-state index is 0.115. The summed E-state index contributed by atoms with van der Waals surface area (Å²) in [6.07, 6.45) is 2.32. The molecule has 4 rings (SSSR count). The third kappa shape index (κ3) is 7.60. The van der Waals surface area contributed by atoms with E-state index in [0.29, 0.717) is 17.7 Å². The summed E-state index contributed by atoms with van der Waals surface area (Å²) in [7, 11) is 0. The molecule has 0 radical (unpaired) electrons. The molecule has 0 saturated carbocycles. The third-order valence-electron chi connectivity index (χ3n) is 7.91. The summed E-state index contributed by atoms with van der Waals surface area (Å²) in [4.78, 5) is 45.0. The van der Waals surface area contributed by atoms with E-state index in [0.717, 1.165) is 59.7 Å². The number of Topliss-reactive ketones (excluding diaryl/α,β-unsaturated/α-hetero) is 1. The highest BCUT2D eigenvalue weighted by molar-refractivity contribution is 5.98. The largest absolute Gasteiger partial charge is 0.466 e. The first-order valence-electron chi connectivity index (χ1n) is 14.5.